The summed E-state index contributed by atoms with van der Waals surface area (Å²) in [6.07, 6.45) is 4.86. The van der Waals surface area contributed by atoms with Crippen molar-refractivity contribution in [3.8, 4) is 0 Å². The minimum absolute atomic E-state index is 0.0385. The van der Waals surface area contributed by atoms with E-state index in [0.29, 0.717) is 13.1 Å². The zero-order valence-corrected chi connectivity index (χ0v) is 16.4. The van der Waals surface area contributed by atoms with Crippen LogP contribution in [0.15, 0.2) is 24.3 Å². The van der Waals surface area contributed by atoms with Crippen LogP contribution in [-0.2, 0) is 33.1 Å². The largest absolute Gasteiger partial charge is 0.322 e. The molecular weight excluding hydrogens is 338 g/mol. The fourth-order valence-electron chi connectivity index (χ4n) is 4.14. The molecule has 0 saturated carbocycles. The van der Waals surface area contributed by atoms with Gasteiger partial charge in [-0.3, -0.25) is 9.58 Å². The van der Waals surface area contributed by atoms with Crippen molar-refractivity contribution in [1.29, 1.82) is 0 Å². The number of urea groups is 1. The average molecular weight is 367 g/mol. The monoisotopic (exact) mass is 367 g/mol. The number of hydrogen-bond acceptors (Lipinski definition) is 3. The third kappa shape index (κ3) is 3.86. The number of aromatic nitrogens is 2. The first-order valence-corrected chi connectivity index (χ1v) is 10.0. The summed E-state index contributed by atoms with van der Waals surface area (Å²) in [6.45, 7) is 6.60. The molecule has 144 valence electrons. The maximum Gasteiger partial charge on any atom is 0.322 e. The van der Waals surface area contributed by atoms with Gasteiger partial charge >= 0.3 is 6.03 Å². The quantitative estimate of drug-likeness (QED) is 0.900. The summed E-state index contributed by atoms with van der Waals surface area (Å²) in [5, 5.41) is 7.79. The average Bonchev–Trinajstić information content (AvgIpc) is 3.24. The molecule has 3 heterocycles. The van der Waals surface area contributed by atoms with E-state index in [1.807, 2.05) is 34.8 Å². The minimum Gasteiger partial charge on any atom is -0.314 e. The van der Waals surface area contributed by atoms with Gasteiger partial charge < -0.3 is 10.2 Å². The molecule has 0 aliphatic carbocycles. The highest BCUT2D eigenvalue weighted by atomic mass is 16.2. The minimum atomic E-state index is -0.0385. The number of aryl methyl sites for hydroxylation is 2. The number of nitrogens with one attached hydrogen (secondary N) is 1. The van der Waals surface area contributed by atoms with Gasteiger partial charge in [-0.1, -0.05) is 25.5 Å². The standard InChI is InChI=1S/C21H29N5O/c1-3-16-8-7-9-17(12-16)22-21(27)26-13-18-19(23-24(2)20(18)15-26)14-25-10-5-4-6-11-25/h7-9,12H,3-6,10-11,13-15H2,1-2H3,(H,22,27). The van der Waals surface area contributed by atoms with Crippen molar-refractivity contribution < 1.29 is 4.79 Å². The molecule has 1 aromatic carbocycles. The van der Waals surface area contributed by atoms with Crippen molar-refractivity contribution in [2.45, 2.75) is 52.2 Å². The Balaban J connectivity index is 1.43. The highest BCUT2D eigenvalue weighted by Crippen LogP contribution is 2.27. The van der Waals surface area contributed by atoms with Gasteiger partial charge in [0, 0.05) is 24.8 Å². The number of piperidine rings is 1. The van der Waals surface area contributed by atoms with E-state index >= 15 is 0 Å². The Morgan fingerprint density at radius 1 is 1.19 bits per heavy atom. The number of rotatable bonds is 4. The second-order valence-corrected chi connectivity index (χ2v) is 7.67. The number of carbonyl (C=O) groups is 1. The van der Waals surface area contributed by atoms with Crippen molar-refractivity contribution in [2.24, 2.45) is 7.05 Å². The number of likely N-dealkylation sites (tertiary alicyclic amines) is 1. The summed E-state index contributed by atoms with van der Waals surface area (Å²) >= 11 is 0. The fourth-order valence-corrected chi connectivity index (χ4v) is 4.14. The van der Waals surface area contributed by atoms with Gasteiger partial charge in [-0.15, -0.1) is 0 Å². The molecule has 0 atom stereocenters. The molecule has 2 amide bonds. The van der Waals surface area contributed by atoms with E-state index in [-0.39, 0.29) is 6.03 Å². The molecule has 1 fully saturated rings. The Morgan fingerprint density at radius 3 is 2.78 bits per heavy atom. The predicted molar refractivity (Wildman–Crippen MR) is 106 cm³/mol. The summed E-state index contributed by atoms with van der Waals surface area (Å²) in [4.78, 5) is 17.1. The molecule has 0 radical (unpaired) electrons. The normalized spacial score (nSPS) is 17.2. The highest BCUT2D eigenvalue weighted by molar-refractivity contribution is 5.89. The van der Waals surface area contributed by atoms with E-state index in [9.17, 15) is 4.79 Å². The van der Waals surface area contributed by atoms with Crippen LogP contribution in [0, 0.1) is 0 Å². The van der Waals surface area contributed by atoms with Gasteiger partial charge in [-0.25, -0.2) is 4.79 Å². The molecular formula is C21H29N5O. The van der Waals surface area contributed by atoms with Gasteiger partial charge in [-0.2, -0.15) is 5.10 Å². The predicted octanol–water partition coefficient (Wildman–Crippen LogP) is 3.52. The summed E-state index contributed by atoms with van der Waals surface area (Å²) in [6, 6.07) is 8.03. The van der Waals surface area contributed by atoms with Gasteiger partial charge in [0.2, 0.25) is 0 Å². The van der Waals surface area contributed by atoms with E-state index < -0.39 is 0 Å². The number of carbonyl (C=O) groups excluding carboxylic acids is 1. The SMILES string of the molecule is CCc1cccc(NC(=O)N2Cc3c(CN4CCCCC4)nn(C)c3C2)c1. The van der Waals surface area contributed by atoms with Crippen LogP contribution in [0.3, 0.4) is 0 Å². The highest BCUT2D eigenvalue weighted by Gasteiger charge is 2.30. The van der Waals surface area contributed by atoms with Crippen LogP contribution in [0.1, 0.15) is 48.7 Å². The van der Waals surface area contributed by atoms with E-state index in [1.165, 1.54) is 36.1 Å². The van der Waals surface area contributed by atoms with Gasteiger partial charge in [0.15, 0.2) is 0 Å². The summed E-state index contributed by atoms with van der Waals surface area (Å²) in [5.74, 6) is 0. The smallest absolute Gasteiger partial charge is 0.314 e. The molecule has 1 N–H and O–H groups in total. The third-order valence-corrected chi connectivity index (χ3v) is 5.74. The number of hydrogen-bond donors (Lipinski definition) is 1. The molecule has 2 aromatic rings. The zero-order chi connectivity index (χ0) is 18.8. The van der Waals surface area contributed by atoms with E-state index in [4.69, 9.17) is 5.10 Å². The van der Waals surface area contributed by atoms with Crippen LogP contribution < -0.4 is 5.32 Å². The Kier molecular flexibility index (Phi) is 5.16. The Labute approximate surface area is 161 Å². The molecule has 0 unspecified atom stereocenters. The van der Waals surface area contributed by atoms with Crippen LogP contribution in [-0.4, -0.2) is 38.7 Å². The summed E-state index contributed by atoms with van der Waals surface area (Å²) in [7, 11) is 1.99. The van der Waals surface area contributed by atoms with Gasteiger partial charge in [-0.05, 0) is 50.0 Å². The van der Waals surface area contributed by atoms with Crippen LogP contribution in [0.2, 0.25) is 0 Å². The molecule has 27 heavy (non-hydrogen) atoms. The maximum absolute atomic E-state index is 12.8. The molecule has 0 spiro atoms. The first kappa shape index (κ1) is 18.0. The number of fused-ring (bicyclic) bond motifs is 1. The van der Waals surface area contributed by atoms with Crippen LogP contribution in [0.5, 0.6) is 0 Å². The first-order chi connectivity index (χ1) is 13.1. The molecule has 1 aromatic heterocycles. The lowest BCUT2D eigenvalue weighted by Crippen LogP contribution is -2.32. The zero-order valence-electron chi connectivity index (χ0n) is 16.4. The summed E-state index contributed by atoms with van der Waals surface area (Å²) < 4.78 is 1.96. The Bertz CT molecular complexity index is 822. The number of nitrogens with zero attached hydrogens (tertiary/aromatic N) is 4. The van der Waals surface area contributed by atoms with Crippen LogP contribution in [0.25, 0.3) is 0 Å². The Morgan fingerprint density at radius 2 is 2.00 bits per heavy atom. The van der Waals surface area contributed by atoms with Crippen molar-refractivity contribution >= 4 is 11.7 Å². The van der Waals surface area contributed by atoms with E-state index in [1.54, 1.807) is 0 Å². The van der Waals surface area contributed by atoms with Gasteiger partial charge in [0.05, 0.1) is 24.5 Å². The topological polar surface area (TPSA) is 53.4 Å². The molecule has 4 rings (SSSR count). The van der Waals surface area contributed by atoms with Crippen molar-refractivity contribution in [2.75, 3.05) is 18.4 Å². The first-order valence-electron chi connectivity index (χ1n) is 10.0. The van der Waals surface area contributed by atoms with E-state index in [2.05, 4.69) is 23.2 Å². The Hall–Kier alpha value is -2.34. The lowest BCUT2D eigenvalue weighted by molar-refractivity contribution is 0.208. The number of amides is 2. The lowest BCUT2D eigenvalue weighted by atomic mass is 10.1. The molecule has 0 bridgehead atoms. The number of benzene rings is 1. The summed E-state index contributed by atoms with van der Waals surface area (Å²) in [5.41, 5.74) is 5.63. The van der Waals surface area contributed by atoms with Crippen molar-refractivity contribution in [3.05, 3.63) is 46.8 Å². The lowest BCUT2D eigenvalue weighted by Gasteiger charge is -2.26. The molecule has 2 aliphatic rings. The second-order valence-electron chi connectivity index (χ2n) is 7.67. The van der Waals surface area contributed by atoms with Crippen molar-refractivity contribution in [3.63, 3.8) is 0 Å². The maximum atomic E-state index is 12.8. The van der Waals surface area contributed by atoms with Crippen LogP contribution >= 0.6 is 0 Å². The van der Waals surface area contributed by atoms with E-state index in [0.717, 1.165) is 37.4 Å². The molecule has 6 heteroatoms. The fraction of sp³-hybridized carbons (Fsp3) is 0.524. The van der Waals surface area contributed by atoms with Gasteiger partial charge in [0.1, 0.15) is 0 Å². The third-order valence-electron chi connectivity index (χ3n) is 5.74. The van der Waals surface area contributed by atoms with Crippen LogP contribution in [0.4, 0.5) is 10.5 Å². The van der Waals surface area contributed by atoms with Crippen molar-refractivity contribution in [1.82, 2.24) is 19.6 Å². The number of anilines is 1. The van der Waals surface area contributed by atoms with Gasteiger partial charge in [0.25, 0.3) is 0 Å². The molecule has 2 aliphatic heterocycles. The second kappa shape index (κ2) is 7.72. The molecule has 6 nitrogen and oxygen atoms in total. The molecule has 1 saturated heterocycles.